The molecule has 4 aliphatic carbocycles. The molecule has 0 bridgehead atoms. The summed E-state index contributed by atoms with van der Waals surface area (Å²) in [5.74, 6) is 2.91. The van der Waals surface area contributed by atoms with Crippen molar-refractivity contribution in [2.75, 3.05) is 13.7 Å². The van der Waals surface area contributed by atoms with Crippen LogP contribution in [0.4, 0.5) is 0 Å². The van der Waals surface area contributed by atoms with Gasteiger partial charge in [0.1, 0.15) is 11.6 Å². The van der Waals surface area contributed by atoms with Crippen molar-refractivity contribution in [3.05, 3.63) is 11.6 Å². The second kappa shape index (κ2) is 5.52. The van der Waals surface area contributed by atoms with Gasteiger partial charge in [-0.25, -0.2) is 0 Å². The average Bonchev–Trinajstić information content (AvgIpc) is 2.84. The zero-order valence-corrected chi connectivity index (χ0v) is 15.3. The molecule has 4 aliphatic rings. The molecule has 0 radical (unpaired) electrons. The molecule has 0 unspecified atom stereocenters. The van der Waals surface area contributed by atoms with Crippen LogP contribution in [0.5, 0.6) is 0 Å². The monoisotopic (exact) mass is 330 g/mol. The predicted octanol–water partition coefficient (Wildman–Crippen LogP) is 3.96. The molecule has 6 atom stereocenters. The molecule has 3 fully saturated rings. The van der Waals surface area contributed by atoms with E-state index in [0.717, 1.165) is 38.7 Å². The largest absolute Gasteiger partial charge is 0.384 e. The van der Waals surface area contributed by atoms with Crippen LogP contribution in [0.3, 0.4) is 0 Å². The number of ether oxygens (including phenoxy) is 1. The normalized spacial score (nSPS) is 47.7. The van der Waals surface area contributed by atoms with Crippen LogP contribution in [0.15, 0.2) is 11.6 Å². The standard InChI is InChI=1S/C21H30O3/c1-13-10-15(22)11-14-4-5-16-17-6-7-19(23)20(17,2)9-8-18(16)21(13,14)12-24-3/h4,13,16-18H,5-12H2,1-3H3/t13-,16+,17+,18+,20+,21+/m1/s1. The summed E-state index contributed by atoms with van der Waals surface area (Å²) >= 11 is 0. The Morgan fingerprint density at radius 2 is 2.04 bits per heavy atom. The SMILES string of the molecule is COC[C@]12C(=CC[C@@H]3[C@@H]1CC[C@]1(C)C(=O)CC[C@@H]31)CC(=O)C[C@H]2C. The van der Waals surface area contributed by atoms with Crippen LogP contribution in [-0.2, 0) is 14.3 Å². The second-order valence-electron chi connectivity index (χ2n) is 9.05. The van der Waals surface area contributed by atoms with Gasteiger partial charge in [0.25, 0.3) is 0 Å². The van der Waals surface area contributed by atoms with Crippen molar-refractivity contribution in [2.24, 2.45) is 34.5 Å². The van der Waals surface area contributed by atoms with Gasteiger partial charge in [-0.3, -0.25) is 9.59 Å². The first-order chi connectivity index (χ1) is 11.4. The van der Waals surface area contributed by atoms with Crippen LogP contribution in [0.2, 0.25) is 0 Å². The molecule has 0 aromatic rings. The zero-order chi connectivity index (χ0) is 17.1. The highest BCUT2D eigenvalue weighted by molar-refractivity contribution is 5.87. The topological polar surface area (TPSA) is 43.4 Å². The van der Waals surface area contributed by atoms with E-state index in [4.69, 9.17) is 4.74 Å². The van der Waals surface area contributed by atoms with E-state index in [1.807, 2.05) is 0 Å². The van der Waals surface area contributed by atoms with Gasteiger partial charge in [0.05, 0.1) is 6.61 Å². The van der Waals surface area contributed by atoms with Gasteiger partial charge in [-0.1, -0.05) is 25.5 Å². The van der Waals surface area contributed by atoms with E-state index in [1.165, 1.54) is 5.57 Å². The van der Waals surface area contributed by atoms with E-state index in [-0.39, 0.29) is 10.8 Å². The molecule has 0 saturated heterocycles. The van der Waals surface area contributed by atoms with E-state index in [1.54, 1.807) is 7.11 Å². The Hall–Kier alpha value is -0.960. The van der Waals surface area contributed by atoms with Crippen LogP contribution < -0.4 is 0 Å². The Morgan fingerprint density at radius 1 is 1.25 bits per heavy atom. The first-order valence-corrected chi connectivity index (χ1v) is 9.67. The number of ketones is 2. The van der Waals surface area contributed by atoms with Gasteiger partial charge in [-0.15, -0.1) is 0 Å². The maximum atomic E-state index is 12.5. The molecule has 0 N–H and O–H groups in total. The first-order valence-electron chi connectivity index (χ1n) is 9.67. The van der Waals surface area contributed by atoms with Gasteiger partial charge in [-0.2, -0.15) is 0 Å². The van der Waals surface area contributed by atoms with Crippen molar-refractivity contribution in [1.82, 2.24) is 0 Å². The maximum absolute atomic E-state index is 12.5. The number of allylic oxidation sites excluding steroid dienone is 1. The van der Waals surface area contributed by atoms with Crippen molar-refractivity contribution in [3.8, 4) is 0 Å². The minimum atomic E-state index is -0.0888. The molecule has 3 nitrogen and oxygen atoms in total. The van der Waals surface area contributed by atoms with Gasteiger partial charge < -0.3 is 4.74 Å². The first kappa shape index (κ1) is 16.5. The van der Waals surface area contributed by atoms with E-state index >= 15 is 0 Å². The number of Topliss-reactive ketones (excluding diaryl/α,β-unsaturated/α-hetero) is 2. The Bertz CT molecular complexity index is 606. The summed E-state index contributed by atoms with van der Waals surface area (Å²) in [4.78, 5) is 24.7. The highest BCUT2D eigenvalue weighted by Gasteiger charge is 2.61. The van der Waals surface area contributed by atoms with Crippen molar-refractivity contribution in [3.63, 3.8) is 0 Å². The van der Waals surface area contributed by atoms with E-state index in [0.29, 0.717) is 48.1 Å². The zero-order valence-electron chi connectivity index (χ0n) is 15.3. The Kier molecular flexibility index (Phi) is 3.80. The van der Waals surface area contributed by atoms with Crippen molar-refractivity contribution < 1.29 is 14.3 Å². The fraction of sp³-hybridized carbons (Fsp3) is 0.810. The molecule has 24 heavy (non-hydrogen) atoms. The number of fused-ring (bicyclic) bond motifs is 5. The number of carbonyl (C=O) groups is 2. The third-order valence-corrected chi connectivity index (χ3v) is 8.23. The van der Waals surface area contributed by atoms with Gasteiger partial charge in [0.15, 0.2) is 0 Å². The molecule has 0 spiro atoms. The lowest BCUT2D eigenvalue weighted by molar-refractivity contribution is -0.137. The minimum Gasteiger partial charge on any atom is -0.384 e. The minimum absolute atomic E-state index is 0.0263. The second-order valence-corrected chi connectivity index (χ2v) is 9.05. The highest BCUT2D eigenvalue weighted by Crippen LogP contribution is 2.65. The average molecular weight is 330 g/mol. The van der Waals surface area contributed by atoms with Crippen LogP contribution in [0, 0.1) is 34.5 Å². The number of carbonyl (C=O) groups excluding carboxylic acids is 2. The maximum Gasteiger partial charge on any atom is 0.139 e. The Labute approximate surface area is 145 Å². The summed E-state index contributed by atoms with van der Waals surface area (Å²) in [6.07, 6.45) is 8.70. The van der Waals surface area contributed by atoms with Crippen molar-refractivity contribution >= 4 is 11.6 Å². The fourth-order valence-corrected chi connectivity index (χ4v) is 7.04. The molecule has 0 heterocycles. The number of rotatable bonds is 2. The molecule has 3 saturated carbocycles. The van der Waals surface area contributed by atoms with Crippen LogP contribution in [0.25, 0.3) is 0 Å². The molecule has 0 aromatic heterocycles. The third kappa shape index (κ3) is 2.00. The summed E-state index contributed by atoms with van der Waals surface area (Å²) < 4.78 is 5.73. The van der Waals surface area contributed by atoms with Gasteiger partial charge in [0, 0.05) is 37.2 Å². The Morgan fingerprint density at radius 3 is 2.79 bits per heavy atom. The summed E-state index contributed by atoms with van der Waals surface area (Å²) in [5.41, 5.74) is 1.29. The number of hydrogen-bond acceptors (Lipinski definition) is 3. The molecule has 132 valence electrons. The van der Waals surface area contributed by atoms with Crippen LogP contribution >= 0.6 is 0 Å². The van der Waals surface area contributed by atoms with Crippen molar-refractivity contribution in [1.29, 1.82) is 0 Å². The van der Waals surface area contributed by atoms with Crippen LogP contribution in [0.1, 0.15) is 58.8 Å². The number of hydrogen-bond donors (Lipinski definition) is 0. The summed E-state index contributed by atoms with van der Waals surface area (Å²) in [6.45, 7) is 5.20. The van der Waals surface area contributed by atoms with E-state index in [9.17, 15) is 9.59 Å². The lowest BCUT2D eigenvalue weighted by atomic mass is 9.45. The van der Waals surface area contributed by atoms with Crippen molar-refractivity contribution in [2.45, 2.75) is 58.8 Å². The quantitative estimate of drug-likeness (QED) is 0.720. The third-order valence-electron chi connectivity index (χ3n) is 8.23. The lowest BCUT2D eigenvalue weighted by Gasteiger charge is -2.59. The summed E-state index contributed by atoms with van der Waals surface area (Å²) in [7, 11) is 1.80. The molecule has 4 rings (SSSR count). The molecule has 0 amide bonds. The van der Waals surface area contributed by atoms with Gasteiger partial charge in [-0.05, 0) is 49.4 Å². The van der Waals surface area contributed by atoms with E-state index in [2.05, 4.69) is 19.9 Å². The Balaban J connectivity index is 1.77. The van der Waals surface area contributed by atoms with Gasteiger partial charge >= 0.3 is 0 Å². The number of methoxy groups -OCH3 is 1. The molecular weight excluding hydrogens is 300 g/mol. The highest BCUT2D eigenvalue weighted by atomic mass is 16.5. The van der Waals surface area contributed by atoms with Gasteiger partial charge in [0.2, 0.25) is 0 Å². The summed E-state index contributed by atoms with van der Waals surface area (Å²) in [5, 5.41) is 0. The predicted molar refractivity (Wildman–Crippen MR) is 92.5 cm³/mol. The van der Waals surface area contributed by atoms with E-state index < -0.39 is 0 Å². The smallest absolute Gasteiger partial charge is 0.139 e. The van der Waals surface area contributed by atoms with Crippen LogP contribution in [-0.4, -0.2) is 25.3 Å². The fourth-order valence-electron chi connectivity index (χ4n) is 7.04. The molecule has 0 aromatic carbocycles. The molecule has 0 aliphatic heterocycles. The molecular formula is C21H30O3. The molecule has 3 heteroatoms. The summed E-state index contributed by atoms with van der Waals surface area (Å²) in [6, 6.07) is 0. The lowest BCUT2D eigenvalue weighted by Crippen LogP contribution is -2.55.